The highest BCUT2D eigenvalue weighted by molar-refractivity contribution is 7.09. The van der Waals surface area contributed by atoms with E-state index in [-0.39, 0.29) is 12.2 Å². The number of aromatic nitrogens is 5. The molecule has 4 heterocycles. The molecule has 0 atom stereocenters. The first-order chi connectivity index (χ1) is 12.5. The molecule has 0 unspecified atom stereocenters. The molecule has 0 aliphatic rings. The second kappa shape index (κ2) is 6.38. The third kappa shape index (κ3) is 2.99. The van der Waals surface area contributed by atoms with Gasteiger partial charge in [0.1, 0.15) is 17.2 Å². The summed E-state index contributed by atoms with van der Waals surface area (Å²) in [6.07, 6.45) is 4.65. The summed E-state index contributed by atoms with van der Waals surface area (Å²) in [6.45, 7) is 3.69. The van der Waals surface area contributed by atoms with Crippen molar-refractivity contribution < 1.29 is 9.18 Å². The van der Waals surface area contributed by atoms with Gasteiger partial charge in [0, 0.05) is 34.1 Å². The molecule has 4 aromatic rings. The van der Waals surface area contributed by atoms with Crippen LogP contribution >= 0.6 is 11.3 Å². The molecule has 0 amide bonds. The standard InChI is InChI=1S/C18H14FN5OS/c1-10-8-26-17(22-10)5-16(25)15-3-12(7-24-9-21-23-18(15)24)14-4-13(19)6-20-11(14)2/h3-4,6-9H,5H2,1-2H3. The largest absolute Gasteiger partial charge is 0.294 e. The van der Waals surface area contributed by atoms with Crippen molar-refractivity contribution in [3.63, 3.8) is 0 Å². The lowest BCUT2D eigenvalue weighted by Crippen LogP contribution is -2.07. The highest BCUT2D eigenvalue weighted by Crippen LogP contribution is 2.26. The Morgan fingerprint density at radius 1 is 1.31 bits per heavy atom. The predicted octanol–water partition coefficient (Wildman–Crippen LogP) is 3.43. The van der Waals surface area contributed by atoms with Crippen molar-refractivity contribution in [3.05, 3.63) is 64.0 Å². The Morgan fingerprint density at radius 2 is 2.15 bits per heavy atom. The Labute approximate surface area is 152 Å². The fraction of sp³-hybridized carbons (Fsp3) is 0.167. The van der Waals surface area contributed by atoms with E-state index in [0.29, 0.717) is 28.0 Å². The third-order valence-electron chi connectivity index (χ3n) is 4.04. The van der Waals surface area contributed by atoms with E-state index < -0.39 is 5.82 Å². The molecule has 6 nitrogen and oxygen atoms in total. The number of carbonyl (C=O) groups excluding carboxylic acids is 1. The summed E-state index contributed by atoms with van der Waals surface area (Å²) in [4.78, 5) is 21.3. The van der Waals surface area contributed by atoms with Gasteiger partial charge in [-0.2, -0.15) is 0 Å². The maximum atomic E-state index is 13.7. The lowest BCUT2D eigenvalue weighted by Gasteiger charge is -2.09. The van der Waals surface area contributed by atoms with Gasteiger partial charge in [0.25, 0.3) is 0 Å². The van der Waals surface area contributed by atoms with E-state index in [9.17, 15) is 9.18 Å². The highest BCUT2D eigenvalue weighted by atomic mass is 32.1. The van der Waals surface area contributed by atoms with Crippen LogP contribution in [0.3, 0.4) is 0 Å². The molecule has 4 rings (SSSR count). The number of thiazole rings is 1. The topological polar surface area (TPSA) is 73.0 Å². The number of carbonyl (C=O) groups is 1. The van der Waals surface area contributed by atoms with Gasteiger partial charge in [-0.3, -0.25) is 14.2 Å². The first-order valence-electron chi connectivity index (χ1n) is 7.91. The molecule has 0 saturated heterocycles. The lowest BCUT2D eigenvalue weighted by molar-refractivity contribution is 0.0994. The zero-order chi connectivity index (χ0) is 18.3. The smallest absolute Gasteiger partial charge is 0.173 e. The fourth-order valence-electron chi connectivity index (χ4n) is 2.81. The van der Waals surface area contributed by atoms with E-state index in [4.69, 9.17) is 0 Å². The second-order valence-corrected chi connectivity index (χ2v) is 6.92. The average Bonchev–Trinajstić information content (AvgIpc) is 3.24. The van der Waals surface area contributed by atoms with Gasteiger partial charge in [0.2, 0.25) is 0 Å². The van der Waals surface area contributed by atoms with Crippen molar-refractivity contribution in [2.75, 3.05) is 0 Å². The van der Waals surface area contributed by atoms with Gasteiger partial charge in [0.15, 0.2) is 11.4 Å². The molecule has 8 heteroatoms. The van der Waals surface area contributed by atoms with E-state index >= 15 is 0 Å². The van der Waals surface area contributed by atoms with Crippen LogP contribution in [0.4, 0.5) is 4.39 Å². The molecular formula is C18H14FN5OS. The molecule has 0 fully saturated rings. The molecule has 0 aromatic carbocycles. The molecule has 130 valence electrons. The number of nitrogens with zero attached hydrogens (tertiary/aromatic N) is 5. The summed E-state index contributed by atoms with van der Waals surface area (Å²) < 4.78 is 15.3. The number of rotatable bonds is 4. The van der Waals surface area contributed by atoms with E-state index in [0.717, 1.165) is 10.7 Å². The molecule has 4 aromatic heterocycles. The molecule has 0 N–H and O–H groups in total. The molecular weight excluding hydrogens is 353 g/mol. The summed E-state index contributed by atoms with van der Waals surface area (Å²) in [6, 6.07) is 3.13. The third-order valence-corrected chi connectivity index (χ3v) is 5.00. The van der Waals surface area contributed by atoms with Gasteiger partial charge in [-0.15, -0.1) is 21.5 Å². The Morgan fingerprint density at radius 3 is 2.92 bits per heavy atom. The number of fused-ring (bicyclic) bond motifs is 1. The minimum Gasteiger partial charge on any atom is -0.294 e. The van der Waals surface area contributed by atoms with Crippen LogP contribution in [0.25, 0.3) is 16.8 Å². The monoisotopic (exact) mass is 367 g/mol. The van der Waals surface area contributed by atoms with Crippen LogP contribution in [0.1, 0.15) is 26.8 Å². The molecule has 0 bridgehead atoms. The number of hydrogen-bond acceptors (Lipinski definition) is 6. The summed E-state index contributed by atoms with van der Waals surface area (Å²) in [5, 5.41) is 10.6. The Bertz CT molecular complexity index is 1130. The van der Waals surface area contributed by atoms with Crippen molar-refractivity contribution in [1.29, 1.82) is 0 Å². The Hall–Kier alpha value is -3.00. The van der Waals surface area contributed by atoms with Crippen molar-refractivity contribution in [1.82, 2.24) is 24.6 Å². The summed E-state index contributed by atoms with van der Waals surface area (Å²) in [5.41, 5.74) is 3.76. The van der Waals surface area contributed by atoms with Crippen molar-refractivity contribution in [2.24, 2.45) is 0 Å². The predicted molar refractivity (Wildman–Crippen MR) is 95.8 cm³/mol. The number of Topliss-reactive ketones (excluding diaryl/α,β-unsaturated/α-hetero) is 1. The van der Waals surface area contributed by atoms with Gasteiger partial charge in [-0.05, 0) is 26.0 Å². The SMILES string of the molecule is Cc1csc(CC(=O)c2cc(-c3cc(F)cnc3C)cn3cnnc23)n1. The van der Waals surface area contributed by atoms with Crippen LogP contribution in [-0.2, 0) is 6.42 Å². The second-order valence-electron chi connectivity index (χ2n) is 5.97. The molecule has 0 aliphatic heterocycles. The van der Waals surface area contributed by atoms with Crippen molar-refractivity contribution >= 4 is 22.8 Å². The number of pyridine rings is 2. The van der Waals surface area contributed by atoms with Crippen molar-refractivity contribution in [2.45, 2.75) is 20.3 Å². The molecule has 0 spiro atoms. The van der Waals surface area contributed by atoms with Crippen LogP contribution in [0.15, 0.2) is 36.2 Å². The highest BCUT2D eigenvalue weighted by Gasteiger charge is 2.18. The van der Waals surface area contributed by atoms with Crippen molar-refractivity contribution in [3.8, 4) is 11.1 Å². The van der Waals surface area contributed by atoms with E-state index in [1.807, 2.05) is 12.3 Å². The first kappa shape index (κ1) is 16.5. The summed E-state index contributed by atoms with van der Waals surface area (Å²) in [5.74, 6) is -0.540. The molecule has 0 saturated carbocycles. The minimum absolute atomic E-state index is 0.110. The zero-order valence-corrected chi connectivity index (χ0v) is 14.9. The first-order valence-corrected chi connectivity index (χ1v) is 8.79. The normalized spacial score (nSPS) is 11.2. The Kier molecular flexibility index (Phi) is 4.04. The van der Waals surface area contributed by atoms with Crippen LogP contribution in [-0.4, -0.2) is 30.3 Å². The maximum absolute atomic E-state index is 13.7. The Balaban J connectivity index is 1.82. The molecule has 0 aliphatic carbocycles. The summed E-state index contributed by atoms with van der Waals surface area (Å²) in [7, 11) is 0. The van der Waals surface area contributed by atoms with E-state index in [2.05, 4.69) is 20.2 Å². The van der Waals surface area contributed by atoms with E-state index in [1.165, 1.54) is 29.9 Å². The van der Waals surface area contributed by atoms with Gasteiger partial charge >= 0.3 is 0 Å². The van der Waals surface area contributed by atoms with Gasteiger partial charge in [-0.1, -0.05) is 0 Å². The molecule has 26 heavy (non-hydrogen) atoms. The quantitative estimate of drug-likeness (QED) is 0.517. The van der Waals surface area contributed by atoms with E-state index in [1.54, 1.807) is 23.6 Å². The lowest BCUT2D eigenvalue weighted by atomic mass is 10.0. The van der Waals surface area contributed by atoms with Gasteiger partial charge in [-0.25, -0.2) is 9.37 Å². The maximum Gasteiger partial charge on any atom is 0.173 e. The number of halogens is 1. The number of aryl methyl sites for hydroxylation is 2. The minimum atomic E-state index is -0.430. The zero-order valence-electron chi connectivity index (χ0n) is 14.1. The molecule has 0 radical (unpaired) electrons. The fourth-order valence-corrected chi connectivity index (χ4v) is 3.58. The van der Waals surface area contributed by atoms with Crippen LogP contribution < -0.4 is 0 Å². The van der Waals surface area contributed by atoms with Gasteiger partial charge in [0.05, 0.1) is 18.2 Å². The van der Waals surface area contributed by atoms with Gasteiger partial charge < -0.3 is 0 Å². The summed E-state index contributed by atoms with van der Waals surface area (Å²) >= 11 is 1.45. The average molecular weight is 367 g/mol. The van der Waals surface area contributed by atoms with Crippen LogP contribution in [0.5, 0.6) is 0 Å². The van der Waals surface area contributed by atoms with Crippen LogP contribution in [0, 0.1) is 19.7 Å². The number of hydrogen-bond donors (Lipinski definition) is 0. The number of ketones is 1. The van der Waals surface area contributed by atoms with Crippen LogP contribution in [0.2, 0.25) is 0 Å².